The molecule has 0 fully saturated rings. The van der Waals surface area contributed by atoms with Crippen LogP contribution in [0.2, 0.25) is 0 Å². The van der Waals surface area contributed by atoms with Gasteiger partial charge in [-0.1, -0.05) is 23.9 Å². The van der Waals surface area contributed by atoms with E-state index >= 15 is 0 Å². The molecule has 0 saturated heterocycles. The van der Waals surface area contributed by atoms with E-state index in [9.17, 15) is 4.79 Å². The Kier molecular flexibility index (Phi) is 5.77. The van der Waals surface area contributed by atoms with Crippen LogP contribution in [-0.4, -0.2) is 31.8 Å². The highest BCUT2D eigenvalue weighted by Crippen LogP contribution is 2.37. The summed E-state index contributed by atoms with van der Waals surface area (Å²) in [6.45, 7) is 4.73. The van der Waals surface area contributed by atoms with Crippen LogP contribution in [0, 0.1) is 0 Å². The molecule has 5 rings (SSSR count). The molecule has 0 aliphatic rings. The number of hydrogen-bond donors (Lipinski definition) is 1. The lowest BCUT2D eigenvalue weighted by Crippen LogP contribution is -2.12. The van der Waals surface area contributed by atoms with Crippen LogP contribution in [0.15, 0.2) is 62.4 Å². The second kappa shape index (κ2) is 8.87. The maximum atomic E-state index is 12.9. The van der Waals surface area contributed by atoms with Gasteiger partial charge in [-0.15, -0.1) is 21.5 Å². The Balaban J connectivity index is 1.47. The van der Waals surface area contributed by atoms with Crippen LogP contribution in [0.5, 0.6) is 5.75 Å². The summed E-state index contributed by atoms with van der Waals surface area (Å²) >= 11 is 2.93. The van der Waals surface area contributed by atoms with Gasteiger partial charge in [-0.05, 0) is 38.1 Å². The van der Waals surface area contributed by atoms with Crippen molar-refractivity contribution in [2.24, 2.45) is 0 Å². The fourth-order valence-electron chi connectivity index (χ4n) is 3.67. The minimum atomic E-state index is -0.179. The molecule has 1 unspecified atom stereocenters. The lowest BCUT2D eigenvalue weighted by Gasteiger charge is -2.13. The van der Waals surface area contributed by atoms with Crippen LogP contribution in [0.4, 0.5) is 0 Å². The molecule has 0 radical (unpaired) electrons. The molecule has 5 aromatic rings. The number of methoxy groups -OCH3 is 1. The average molecular weight is 480 g/mol. The van der Waals surface area contributed by atoms with Crippen LogP contribution < -0.4 is 10.3 Å². The second-order valence-corrected chi connectivity index (χ2v) is 9.43. The number of thioether (sulfide) groups is 1. The number of aromatic amines is 1. The van der Waals surface area contributed by atoms with Gasteiger partial charge in [-0.2, -0.15) is 0 Å². The minimum Gasteiger partial charge on any atom is -0.496 e. The van der Waals surface area contributed by atoms with Crippen molar-refractivity contribution < 1.29 is 9.15 Å². The summed E-state index contributed by atoms with van der Waals surface area (Å²) < 4.78 is 13.0. The summed E-state index contributed by atoms with van der Waals surface area (Å²) in [4.78, 5) is 21.3. The predicted octanol–water partition coefficient (Wildman–Crippen LogP) is 5.38. The van der Waals surface area contributed by atoms with Gasteiger partial charge in [-0.3, -0.25) is 4.79 Å². The molecule has 168 valence electrons. The van der Waals surface area contributed by atoms with Crippen molar-refractivity contribution in [1.82, 2.24) is 24.7 Å². The predicted molar refractivity (Wildman–Crippen MR) is 130 cm³/mol. The first-order valence-electron chi connectivity index (χ1n) is 10.4. The number of fused-ring (bicyclic) bond motifs is 1. The van der Waals surface area contributed by atoms with Crippen molar-refractivity contribution in [3.05, 3.63) is 64.2 Å². The normalized spacial score (nSPS) is 12.3. The molecule has 10 heteroatoms. The standard InChI is InChI=1S/C23H21N5O3S2/c1-4-28-20(14-8-5-6-9-16(14)30-3)26-27-23(28)33-13(2)19-24-21(29)18-15(12-32-22(18)25-19)17-10-7-11-31-17/h5-13H,4H2,1-3H3,(H,24,25,29). The number of nitrogens with zero attached hydrogens (tertiary/aromatic N) is 4. The van der Waals surface area contributed by atoms with E-state index in [4.69, 9.17) is 14.1 Å². The Bertz CT molecular complexity index is 1470. The van der Waals surface area contributed by atoms with Crippen molar-refractivity contribution in [3.63, 3.8) is 0 Å². The highest BCUT2D eigenvalue weighted by Gasteiger charge is 2.22. The molecule has 1 aromatic carbocycles. The molecule has 0 spiro atoms. The van der Waals surface area contributed by atoms with Gasteiger partial charge in [0.15, 0.2) is 11.0 Å². The Morgan fingerprint density at radius 3 is 2.82 bits per heavy atom. The molecular weight excluding hydrogens is 458 g/mol. The van der Waals surface area contributed by atoms with Gasteiger partial charge in [-0.25, -0.2) is 4.98 Å². The van der Waals surface area contributed by atoms with E-state index in [1.54, 1.807) is 19.4 Å². The molecule has 4 aromatic heterocycles. The van der Waals surface area contributed by atoms with Crippen molar-refractivity contribution in [1.29, 1.82) is 0 Å². The number of rotatable bonds is 7. The molecule has 0 aliphatic heterocycles. The zero-order valence-electron chi connectivity index (χ0n) is 18.2. The summed E-state index contributed by atoms with van der Waals surface area (Å²) in [6.07, 6.45) is 1.59. The lowest BCUT2D eigenvalue weighted by atomic mass is 10.2. The summed E-state index contributed by atoms with van der Waals surface area (Å²) in [5, 5.41) is 11.9. The van der Waals surface area contributed by atoms with Crippen molar-refractivity contribution in [2.45, 2.75) is 30.8 Å². The number of H-pyrrole nitrogens is 1. The Labute approximate surface area is 197 Å². The van der Waals surface area contributed by atoms with Gasteiger partial charge < -0.3 is 18.7 Å². The fourth-order valence-corrected chi connectivity index (χ4v) is 5.58. The van der Waals surface area contributed by atoms with Crippen LogP contribution >= 0.6 is 23.1 Å². The molecule has 4 heterocycles. The third-order valence-corrected chi connectivity index (χ3v) is 7.26. The number of ether oxygens (including phenoxy) is 1. The van der Waals surface area contributed by atoms with Gasteiger partial charge in [0.25, 0.3) is 5.56 Å². The van der Waals surface area contributed by atoms with E-state index in [1.165, 1.54) is 23.1 Å². The molecule has 1 N–H and O–H groups in total. The highest BCUT2D eigenvalue weighted by atomic mass is 32.2. The van der Waals surface area contributed by atoms with Crippen LogP contribution in [0.3, 0.4) is 0 Å². The Morgan fingerprint density at radius 2 is 2.06 bits per heavy atom. The molecular formula is C23H21N5O3S2. The number of furan rings is 1. The van der Waals surface area contributed by atoms with Gasteiger partial charge >= 0.3 is 0 Å². The highest BCUT2D eigenvalue weighted by molar-refractivity contribution is 7.99. The van der Waals surface area contributed by atoms with Gasteiger partial charge in [0.05, 0.1) is 29.6 Å². The van der Waals surface area contributed by atoms with E-state index in [0.717, 1.165) is 27.9 Å². The summed E-state index contributed by atoms with van der Waals surface area (Å²) in [5.74, 6) is 2.73. The number of hydrogen-bond acceptors (Lipinski definition) is 8. The Morgan fingerprint density at radius 1 is 1.21 bits per heavy atom. The fraction of sp³-hybridized carbons (Fsp3) is 0.217. The number of nitrogens with one attached hydrogen (secondary N) is 1. The first-order valence-corrected chi connectivity index (χ1v) is 12.1. The topological polar surface area (TPSA) is 98.8 Å². The zero-order chi connectivity index (χ0) is 22.9. The van der Waals surface area contributed by atoms with Crippen LogP contribution in [0.1, 0.15) is 24.9 Å². The third kappa shape index (κ3) is 3.85. The van der Waals surface area contributed by atoms with Gasteiger partial charge in [0.1, 0.15) is 22.2 Å². The molecule has 0 aliphatic carbocycles. The van der Waals surface area contributed by atoms with Crippen molar-refractivity contribution >= 4 is 33.3 Å². The summed E-state index contributed by atoms with van der Waals surface area (Å²) in [7, 11) is 1.64. The number of aromatic nitrogens is 5. The maximum absolute atomic E-state index is 12.9. The quantitative estimate of drug-likeness (QED) is 0.313. The van der Waals surface area contributed by atoms with Crippen molar-refractivity contribution in [3.8, 4) is 28.5 Å². The minimum absolute atomic E-state index is 0.142. The van der Waals surface area contributed by atoms with Gasteiger partial charge in [0.2, 0.25) is 0 Å². The smallest absolute Gasteiger partial charge is 0.260 e. The number of benzene rings is 1. The summed E-state index contributed by atoms with van der Waals surface area (Å²) in [6, 6.07) is 11.4. The first kappa shape index (κ1) is 21.5. The summed E-state index contributed by atoms with van der Waals surface area (Å²) in [5.41, 5.74) is 1.46. The second-order valence-electron chi connectivity index (χ2n) is 7.27. The molecule has 8 nitrogen and oxygen atoms in total. The molecule has 0 saturated carbocycles. The van der Waals surface area contributed by atoms with E-state index in [-0.39, 0.29) is 10.8 Å². The third-order valence-electron chi connectivity index (χ3n) is 5.30. The van der Waals surface area contributed by atoms with E-state index < -0.39 is 0 Å². The molecule has 0 bridgehead atoms. The van der Waals surface area contributed by atoms with Crippen molar-refractivity contribution in [2.75, 3.05) is 7.11 Å². The average Bonchev–Trinajstić information content (AvgIpc) is 3.58. The lowest BCUT2D eigenvalue weighted by molar-refractivity contribution is 0.416. The van der Waals surface area contributed by atoms with Crippen LogP contribution in [-0.2, 0) is 6.54 Å². The van der Waals surface area contributed by atoms with E-state index in [0.29, 0.717) is 28.3 Å². The molecule has 0 amide bonds. The van der Waals surface area contributed by atoms with Crippen LogP contribution in [0.25, 0.3) is 32.9 Å². The molecule has 1 atom stereocenters. The first-order chi connectivity index (χ1) is 16.1. The number of para-hydroxylation sites is 1. The maximum Gasteiger partial charge on any atom is 0.260 e. The SMILES string of the molecule is CCn1c(SC(C)c2nc3scc(-c4ccco4)c3c(=O)[nH]2)nnc1-c1ccccc1OC. The van der Waals surface area contributed by atoms with E-state index in [1.807, 2.05) is 54.1 Å². The zero-order valence-corrected chi connectivity index (χ0v) is 19.9. The van der Waals surface area contributed by atoms with E-state index in [2.05, 4.69) is 15.2 Å². The monoisotopic (exact) mass is 479 g/mol. The van der Waals surface area contributed by atoms with Gasteiger partial charge in [0, 0.05) is 17.5 Å². The number of thiophene rings is 1. The molecule has 33 heavy (non-hydrogen) atoms. The largest absolute Gasteiger partial charge is 0.496 e. The Hall–Kier alpha value is -3.37.